The van der Waals surface area contributed by atoms with E-state index in [9.17, 15) is 9.50 Å². The highest BCUT2D eigenvalue weighted by atomic mass is 19.1. The molecule has 1 atom stereocenters. The van der Waals surface area contributed by atoms with Gasteiger partial charge >= 0.3 is 0 Å². The number of hydrogen-bond donors (Lipinski definition) is 1. The molecule has 0 heterocycles. The summed E-state index contributed by atoms with van der Waals surface area (Å²) in [4.78, 5) is 2.03. The lowest BCUT2D eigenvalue weighted by molar-refractivity contribution is 0.174. The summed E-state index contributed by atoms with van der Waals surface area (Å²) in [6.07, 6.45) is 0.200. The molecular formula is C17H20FNO. The average Bonchev–Trinajstić information content (AvgIpc) is 2.46. The number of benzene rings is 2. The molecule has 0 amide bonds. The zero-order chi connectivity index (χ0) is 14.5. The van der Waals surface area contributed by atoms with Crippen LogP contribution in [0.3, 0.4) is 0 Å². The summed E-state index contributed by atoms with van der Waals surface area (Å²) in [6.45, 7) is 2.55. The van der Waals surface area contributed by atoms with E-state index in [0.717, 1.165) is 16.8 Å². The molecule has 0 saturated heterocycles. The highest BCUT2D eigenvalue weighted by Gasteiger charge is 2.13. The molecule has 1 unspecified atom stereocenters. The van der Waals surface area contributed by atoms with E-state index in [0.29, 0.717) is 13.0 Å². The van der Waals surface area contributed by atoms with E-state index in [1.54, 1.807) is 6.07 Å². The van der Waals surface area contributed by atoms with Crippen LogP contribution in [0.1, 0.15) is 30.6 Å². The molecule has 1 N–H and O–H groups in total. The Morgan fingerprint density at radius 3 is 2.60 bits per heavy atom. The summed E-state index contributed by atoms with van der Waals surface area (Å²) in [6, 6.07) is 14.4. The van der Waals surface area contributed by atoms with Gasteiger partial charge in [0.15, 0.2) is 0 Å². The maximum absolute atomic E-state index is 13.2. The van der Waals surface area contributed by atoms with Crippen LogP contribution >= 0.6 is 0 Å². The Labute approximate surface area is 119 Å². The molecule has 2 rings (SSSR count). The van der Waals surface area contributed by atoms with Gasteiger partial charge in [0.1, 0.15) is 5.82 Å². The van der Waals surface area contributed by atoms with Crippen molar-refractivity contribution in [3.63, 3.8) is 0 Å². The molecule has 0 bridgehead atoms. The van der Waals surface area contributed by atoms with Gasteiger partial charge < -0.3 is 10.0 Å². The minimum absolute atomic E-state index is 0.224. The number of hydrogen-bond acceptors (Lipinski definition) is 2. The fourth-order valence-electron chi connectivity index (χ4n) is 2.33. The van der Waals surface area contributed by atoms with Gasteiger partial charge in [-0.1, -0.05) is 37.3 Å². The van der Waals surface area contributed by atoms with E-state index in [1.165, 1.54) is 12.1 Å². The number of nitrogens with zero attached hydrogens (tertiary/aromatic N) is 1. The third-order valence-corrected chi connectivity index (χ3v) is 3.40. The predicted octanol–water partition coefficient (Wildman–Crippen LogP) is 3.91. The average molecular weight is 273 g/mol. The summed E-state index contributed by atoms with van der Waals surface area (Å²) in [5.74, 6) is -0.224. The largest absolute Gasteiger partial charge is 0.388 e. The molecule has 0 radical (unpaired) electrons. The minimum Gasteiger partial charge on any atom is -0.388 e. The maximum atomic E-state index is 13.2. The maximum Gasteiger partial charge on any atom is 0.123 e. The van der Waals surface area contributed by atoms with Gasteiger partial charge in [-0.05, 0) is 30.2 Å². The van der Waals surface area contributed by atoms with Crippen LogP contribution in [0.2, 0.25) is 0 Å². The zero-order valence-electron chi connectivity index (χ0n) is 11.9. The van der Waals surface area contributed by atoms with Crippen molar-refractivity contribution in [2.24, 2.45) is 0 Å². The van der Waals surface area contributed by atoms with Gasteiger partial charge in [-0.25, -0.2) is 4.39 Å². The highest BCUT2D eigenvalue weighted by Crippen LogP contribution is 2.28. The van der Waals surface area contributed by atoms with Crippen LogP contribution < -0.4 is 4.90 Å². The molecule has 0 aliphatic carbocycles. The van der Waals surface area contributed by atoms with Gasteiger partial charge in [-0.2, -0.15) is 0 Å². The Bertz CT molecular complexity index is 570. The second-order valence-corrected chi connectivity index (χ2v) is 4.97. The van der Waals surface area contributed by atoms with Crippen LogP contribution in [0.4, 0.5) is 10.1 Å². The number of aliphatic hydroxyl groups is 1. The molecule has 2 aromatic rings. The number of rotatable bonds is 5. The smallest absolute Gasteiger partial charge is 0.123 e. The molecule has 2 aromatic carbocycles. The zero-order valence-corrected chi connectivity index (χ0v) is 11.9. The van der Waals surface area contributed by atoms with Crippen LogP contribution in [0, 0.1) is 5.82 Å². The SMILES string of the molecule is CCC(O)c1ccccc1N(C)Cc1cccc(F)c1. The monoisotopic (exact) mass is 273 g/mol. The first-order valence-electron chi connectivity index (χ1n) is 6.84. The Balaban J connectivity index is 2.23. The predicted molar refractivity (Wildman–Crippen MR) is 80.2 cm³/mol. The molecular weight excluding hydrogens is 253 g/mol. The Morgan fingerprint density at radius 2 is 1.90 bits per heavy atom. The quantitative estimate of drug-likeness (QED) is 0.893. The van der Waals surface area contributed by atoms with Gasteiger partial charge in [-0.3, -0.25) is 0 Å². The topological polar surface area (TPSA) is 23.5 Å². The summed E-state index contributed by atoms with van der Waals surface area (Å²) in [7, 11) is 1.95. The first-order chi connectivity index (χ1) is 9.61. The lowest BCUT2D eigenvalue weighted by atomic mass is 10.0. The molecule has 0 saturated carbocycles. The fourth-order valence-corrected chi connectivity index (χ4v) is 2.33. The van der Waals surface area contributed by atoms with Crippen molar-refractivity contribution in [2.45, 2.75) is 26.0 Å². The Hall–Kier alpha value is -1.87. The van der Waals surface area contributed by atoms with Gasteiger partial charge in [0, 0.05) is 24.8 Å². The number of para-hydroxylation sites is 1. The van der Waals surface area contributed by atoms with Crippen LogP contribution in [0.15, 0.2) is 48.5 Å². The van der Waals surface area contributed by atoms with Crippen molar-refractivity contribution in [3.8, 4) is 0 Å². The lowest BCUT2D eigenvalue weighted by Crippen LogP contribution is -2.19. The van der Waals surface area contributed by atoms with E-state index in [1.807, 2.05) is 49.2 Å². The first-order valence-corrected chi connectivity index (χ1v) is 6.84. The molecule has 0 aliphatic heterocycles. The number of anilines is 1. The molecule has 0 spiro atoms. The second kappa shape index (κ2) is 6.53. The normalized spacial score (nSPS) is 12.2. The lowest BCUT2D eigenvalue weighted by Gasteiger charge is -2.24. The third kappa shape index (κ3) is 3.36. The summed E-state index contributed by atoms with van der Waals surface area (Å²) < 4.78 is 13.2. The van der Waals surface area contributed by atoms with E-state index in [2.05, 4.69) is 0 Å². The molecule has 3 heteroatoms. The summed E-state index contributed by atoms with van der Waals surface area (Å²) >= 11 is 0. The molecule has 20 heavy (non-hydrogen) atoms. The van der Waals surface area contributed by atoms with E-state index < -0.39 is 6.10 Å². The second-order valence-electron chi connectivity index (χ2n) is 4.97. The van der Waals surface area contributed by atoms with E-state index in [-0.39, 0.29) is 5.82 Å². The molecule has 0 fully saturated rings. The Kier molecular flexibility index (Phi) is 4.74. The van der Waals surface area contributed by atoms with Gasteiger partial charge in [0.05, 0.1) is 6.10 Å². The molecule has 0 aliphatic rings. The fraction of sp³-hybridized carbons (Fsp3) is 0.294. The molecule has 0 aromatic heterocycles. The standard InChI is InChI=1S/C17H20FNO/c1-3-17(20)15-9-4-5-10-16(15)19(2)12-13-7-6-8-14(18)11-13/h4-11,17,20H,3,12H2,1-2H3. The minimum atomic E-state index is -0.471. The van der Waals surface area contributed by atoms with Gasteiger partial charge in [0.25, 0.3) is 0 Å². The molecule has 2 nitrogen and oxygen atoms in total. The van der Waals surface area contributed by atoms with Crippen LogP contribution in [-0.4, -0.2) is 12.2 Å². The highest BCUT2D eigenvalue weighted by molar-refractivity contribution is 5.54. The van der Waals surface area contributed by atoms with Crippen LogP contribution in [0.25, 0.3) is 0 Å². The summed E-state index contributed by atoms with van der Waals surface area (Å²) in [5.41, 5.74) is 2.80. The van der Waals surface area contributed by atoms with Crippen molar-refractivity contribution < 1.29 is 9.50 Å². The summed E-state index contributed by atoms with van der Waals surface area (Å²) in [5, 5.41) is 10.1. The van der Waals surface area contributed by atoms with Crippen molar-refractivity contribution in [1.29, 1.82) is 0 Å². The third-order valence-electron chi connectivity index (χ3n) is 3.40. The number of aliphatic hydroxyl groups excluding tert-OH is 1. The van der Waals surface area contributed by atoms with Crippen molar-refractivity contribution in [2.75, 3.05) is 11.9 Å². The van der Waals surface area contributed by atoms with E-state index in [4.69, 9.17) is 0 Å². The van der Waals surface area contributed by atoms with Gasteiger partial charge in [0.2, 0.25) is 0 Å². The molecule has 106 valence electrons. The number of halogens is 1. The van der Waals surface area contributed by atoms with Crippen LogP contribution in [-0.2, 0) is 6.54 Å². The van der Waals surface area contributed by atoms with Crippen molar-refractivity contribution >= 4 is 5.69 Å². The first kappa shape index (κ1) is 14.5. The van der Waals surface area contributed by atoms with E-state index >= 15 is 0 Å². The van der Waals surface area contributed by atoms with Crippen molar-refractivity contribution in [3.05, 3.63) is 65.5 Å². The Morgan fingerprint density at radius 1 is 1.15 bits per heavy atom. The van der Waals surface area contributed by atoms with Crippen molar-refractivity contribution in [1.82, 2.24) is 0 Å². The van der Waals surface area contributed by atoms with Crippen LogP contribution in [0.5, 0.6) is 0 Å². The van der Waals surface area contributed by atoms with Gasteiger partial charge in [-0.15, -0.1) is 0 Å².